The Balaban J connectivity index is 2.28. The second kappa shape index (κ2) is 5.41. The molecule has 0 unspecified atom stereocenters. The third-order valence-corrected chi connectivity index (χ3v) is 3.25. The van der Waals surface area contributed by atoms with Gasteiger partial charge in [0.05, 0.1) is 18.2 Å². The molecule has 1 saturated carbocycles. The van der Waals surface area contributed by atoms with E-state index in [1.54, 1.807) is 19.2 Å². The van der Waals surface area contributed by atoms with Crippen molar-refractivity contribution in [3.63, 3.8) is 0 Å². The van der Waals surface area contributed by atoms with Gasteiger partial charge in [0, 0.05) is 5.56 Å². The van der Waals surface area contributed by atoms with E-state index < -0.39 is 0 Å². The van der Waals surface area contributed by atoms with E-state index in [0.29, 0.717) is 22.1 Å². The van der Waals surface area contributed by atoms with E-state index in [0.717, 1.165) is 19.1 Å². The maximum absolute atomic E-state index is 10.8. The second-order valence-corrected chi connectivity index (χ2v) is 4.58. The number of rotatable bonds is 4. The Bertz CT molecular complexity index is 411. The van der Waals surface area contributed by atoms with Crippen molar-refractivity contribution in [3.8, 4) is 11.5 Å². The van der Waals surface area contributed by atoms with Gasteiger partial charge in [-0.2, -0.15) is 0 Å². The Morgan fingerprint density at radius 2 is 2.06 bits per heavy atom. The number of halogens is 1. The van der Waals surface area contributed by atoms with Crippen LogP contribution in [0.15, 0.2) is 12.1 Å². The van der Waals surface area contributed by atoms with Crippen molar-refractivity contribution >= 4 is 17.9 Å². The fourth-order valence-corrected chi connectivity index (χ4v) is 2.42. The highest BCUT2D eigenvalue weighted by Gasteiger charge is 2.20. The predicted octanol–water partition coefficient (Wildman–Crippen LogP) is 3.48. The Morgan fingerprint density at radius 3 is 2.65 bits per heavy atom. The molecule has 1 aromatic rings. The molecule has 0 atom stereocenters. The summed E-state index contributed by atoms with van der Waals surface area (Å²) < 4.78 is 11.1. The molecule has 1 aliphatic carbocycles. The first kappa shape index (κ1) is 12.2. The van der Waals surface area contributed by atoms with Gasteiger partial charge in [0.1, 0.15) is 6.29 Å². The zero-order valence-corrected chi connectivity index (χ0v) is 10.5. The number of aldehydes is 1. The van der Waals surface area contributed by atoms with E-state index in [9.17, 15) is 4.79 Å². The zero-order chi connectivity index (χ0) is 12.3. The van der Waals surface area contributed by atoms with Gasteiger partial charge in [-0.3, -0.25) is 4.79 Å². The maximum atomic E-state index is 10.8. The van der Waals surface area contributed by atoms with Gasteiger partial charge >= 0.3 is 0 Å². The van der Waals surface area contributed by atoms with Gasteiger partial charge in [0.25, 0.3) is 0 Å². The lowest BCUT2D eigenvalue weighted by Gasteiger charge is -2.17. The summed E-state index contributed by atoms with van der Waals surface area (Å²) in [5.74, 6) is 1.07. The molecule has 1 fully saturated rings. The molecule has 0 amide bonds. The molecule has 3 nitrogen and oxygen atoms in total. The summed E-state index contributed by atoms with van der Waals surface area (Å²) in [5, 5.41) is 0.407. The van der Waals surface area contributed by atoms with E-state index in [4.69, 9.17) is 21.1 Å². The molecule has 1 aromatic carbocycles. The molecule has 92 valence electrons. The fraction of sp³-hybridized carbons (Fsp3) is 0.462. The Morgan fingerprint density at radius 1 is 1.35 bits per heavy atom. The Kier molecular flexibility index (Phi) is 3.89. The maximum Gasteiger partial charge on any atom is 0.179 e. The lowest BCUT2D eigenvalue weighted by molar-refractivity contribution is 0.112. The minimum absolute atomic E-state index is 0.210. The molecular weight excluding hydrogens is 240 g/mol. The molecule has 0 aromatic heterocycles. The summed E-state index contributed by atoms with van der Waals surface area (Å²) in [6, 6.07) is 3.25. The van der Waals surface area contributed by atoms with Crippen molar-refractivity contribution in [2.45, 2.75) is 31.8 Å². The van der Waals surface area contributed by atoms with Crippen LogP contribution in [0.1, 0.15) is 36.0 Å². The summed E-state index contributed by atoms with van der Waals surface area (Å²) >= 11 is 6.04. The van der Waals surface area contributed by atoms with Gasteiger partial charge in [-0.05, 0) is 37.8 Å². The van der Waals surface area contributed by atoms with E-state index in [1.165, 1.54) is 12.8 Å². The van der Waals surface area contributed by atoms with Crippen molar-refractivity contribution in [1.29, 1.82) is 0 Å². The van der Waals surface area contributed by atoms with Crippen LogP contribution in [0, 0.1) is 0 Å². The second-order valence-electron chi connectivity index (χ2n) is 4.18. The molecule has 2 rings (SSSR count). The molecule has 0 N–H and O–H groups in total. The number of hydrogen-bond donors (Lipinski definition) is 0. The van der Waals surface area contributed by atoms with E-state index >= 15 is 0 Å². The predicted molar refractivity (Wildman–Crippen MR) is 66.3 cm³/mol. The fourth-order valence-electron chi connectivity index (χ4n) is 2.13. The highest BCUT2D eigenvalue weighted by atomic mass is 35.5. The summed E-state index contributed by atoms with van der Waals surface area (Å²) in [6.07, 6.45) is 5.44. The van der Waals surface area contributed by atoms with Crippen LogP contribution < -0.4 is 9.47 Å². The largest absolute Gasteiger partial charge is 0.491 e. The van der Waals surface area contributed by atoms with Gasteiger partial charge in [-0.1, -0.05) is 11.6 Å². The lowest BCUT2D eigenvalue weighted by Crippen LogP contribution is -2.12. The first-order valence-corrected chi connectivity index (χ1v) is 6.11. The highest BCUT2D eigenvalue weighted by Crippen LogP contribution is 2.38. The summed E-state index contributed by atoms with van der Waals surface area (Å²) in [6.45, 7) is 0. The number of carbonyl (C=O) groups is 1. The molecule has 0 radical (unpaired) electrons. The molecular formula is C13H15ClO3. The van der Waals surface area contributed by atoms with E-state index in [2.05, 4.69) is 0 Å². The zero-order valence-electron chi connectivity index (χ0n) is 9.74. The topological polar surface area (TPSA) is 35.5 Å². The monoisotopic (exact) mass is 254 g/mol. The molecule has 0 aliphatic heterocycles. The number of hydrogen-bond acceptors (Lipinski definition) is 3. The van der Waals surface area contributed by atoms with Crippen LogP contribution >= 0.6 is 11.6 Å². The average Bonchev–Trinajstić information content (AvgIpc) is 2.81. The van der Waals surface area contributed by atoms with Gasteiger partial charge < -0.3 is 9.47 Å². The van der Waals surface area contributed by atoms with Gasteiger partial charge in [-0.15, -0.1) is 0 Å². The highest BCUT2D eigenvalue weighted by molar-refractivity contribution is 6.32. The van der Waals surface area contributed by atoms with Crippen LogP contribution in [-0.4, -0.2) is 19.5 Å². The molecule has 17 heavy (non-hydrogen) atoms. The third kappa shape index (κ3) is 2.72. The van der Waals surface area contributed by atoms with Crippen LogP contribution in [0.2, 0.25) is 5.02 Å². The minimum atomic E-state index is 0.210. The Hall–Kier alpha value is -1.22. The van der Waals surface area contributed by atoms with Crippen molar-refractivity contribution in [2.24, 2.45) is 0 Å². The van der Waals surface area contributed by atoms with Gasteiger partial charge in [0.2, 0.25) is 0 Å². The van der Waals surface area contributed by atoms with Crippen LogP contribution in [0.5, 0.6) is 11.5 Å². The Labute approximate surface area is 106 Å². The quantitative estimate of drug-likeness (QED) is 0.772. The molecule has 0 heterocycles. The molecule has 4 heteroatoms. The van der Waals surface area contributed by atoms with Crippen LogP contribution in [0.25, 0.3) is 0 Å². The van der Waals surface area contributed by atoms with Crippen molar-refractivity contribution in [1.82, 2.24) is 0 Å². The minimum Gasteiger partial charge on any atom is -0.491 e. The first-order chi connectivity index (χ1) is 8.24. The number of benzene rings is 1. The number of carbonyl (C=O) groups excluding carboxylic acids is 1. The standard InChI is InChI=1S/C13H15ClO3/c1-16-13-11(14)6-9(8-15)7-12(13)17-10-4-2-3-5-10/h6-8,10H,2-5H2,1H3. The molecule has 0 bridgehead atoms. The van der Waals surface area contributed by atoms with Gasteiger partial charge in [0.15, 0.2) is 11.5 Å². The third-order valence-electron chi connectivity index (χ3n) is 2.97. The van der Waals surface area contributed by atoms with Crippen LogP contribution in [0.4, 0.5) is 0 Å². The number of ether oxygens (including phenoxy) is 2. The summed E-state index contributed by atoms with van der Waals surface area (Å²) in [5.41, 5.74) is 0.504. The average molecular weight is 255 g/mol. The smallest absolute Gasteiger partial charge is 0.179 e. The van der Waals surface area contributed by atoms with E-state index in [1.807, 2.05) is 0 Å². The normalized spacial score (nSPS) is 15.9. The van der Waals surface area contributed by atoms with Crippen LogP contribution in [-0.2, 0) is 0 Å². The summed E-state index contributed by atoms with van der Waals surface area (Å²) in [7, 11) is 1.54. The van der Waals surface area contributed by atoms with Crippen LogP contribution in [0.3, 0.4) is 0 Å². The van der Waals surface area contributed by atoms with Gasteiger partial charge in [-0.25, -0.2) is 0 Å². The lowest BCUT2D eigenvalue weighted by atomic mass is 10.2. The molecule has 1 aliphatic rings. The summed E-state index contributed by atoms with van der Waals surface area (Å²) in [4.78, 5) is 10.8. The molecule has 0 saturated heterocycles. The SMILES string of the molecule is COc1c(Cl)cc(C=O)cc1OC1CCCC1. The van der Waals surface area contributed by atoms with Crippen molar-refractivity contribution in [3.05, 3.63) is 22.7 Å². The van der Waals surface area contributed by atoms with Crippen molar-refractivity contribution in [2.75, 3.05) is 7.11 Å². The molecule has 0 spiro atoms. The van der Waals surface area contributed by atoms with E-state index in [-0.39, 0.29) is 6.10 Å². The number of methoxy groups -OCH3 is 1. The first-order valence-electron chi connectivity index (χ1n) is 5.74. The van der Waals surface area contributed by atoms with Crippen molar-refractivity contribution < 1.29 is 14.3 Å².